The molecule has 0 N–H and O–H groups in total. The fraction of sp³-hybridized carbons (Fsp3) is 0.667. The van der Waals surface area contributed by atoms with Crippen LogP contribution in [0.3, 0.4) is 0 Å². The standard InChI is InChI=1S/C15H26O2Si/c1-15(2,3)18(5,6)12-10-14(13-16)9-7-8-11-17-4/h9,13H,7-8,11H2,1-6H3/b14-9-. The number of methoxy groups -OCH3 is 1. The molecule has 0 bridgehead atoms. The first kappa shape index (κ1) is 17.1. The molecule has 0 spiro atoms. The fourth-order valence-corrected chi connectivity index (χ4v) is 1.86. The van der Waals surface area contributed by atoms with Gasteiger partial charge in [-0.15, -0.1) is 5.54 Å². The molecule has 0 saturated heterocycles. The summed E-state index contributed by atoms with van der Waals surface area (Å²) in [5, 5.41) is 0.226. The van der Waals surface area contributed by atoms with Gasteiger partial charge in [0, 0.05) is 13.7 Å². The summed E-state index contributed by atoms with van der Waals surface area (Å²) < 4.78 is 4.97. The van der Waals surface area contributed by atoms with Gasteiger partial charge in [0.15, 0.2) is 6.29 Å². The minimum absolute atomic E-state index is 0.226. The summed E-state index contributed by atoms with van der Waals surface area (Å²) in [6.45, 7) is 11.9. The van der Waals surface area contributed by atoms with E-state index in [0.717, 1.165) is 25.7 Å². The molecule has 0 aliphatic carbocycles. The van der Waals surface area contributed by atoms with Crippen molar-refractivity contribution in [1.82, 2.24) is 0 Å². The number of hydrogen-bond acceptors (Lipinski definition) is 2. The molecule has 102 valence electrons. The maximum Gasteiger partial charge on any atom is 0.158 e. The molecule has 3 heteroatoms. The van der Waals surface area contributed by atoms with Gasteiger partial charge in [-0.2, -0.15) is 0 Å². The molecular weight excluding hydrogens is 240 g/mol. The minimum atomic E-state index is -1.62. The van der Waals surface area contributed by atoms with Crippen molar-refractivity contribution in [2.45, 2.75) is 51.7 Å². The summed E-state index contributed by atoms with van der Waals surface area (Å²) in [5.74, 6) is 3.06. The van der Waals surface area contributed by atoms with Crippen molar-refractivity contribution >= 4 is 14.4 Å². The highest BCUT2D eigenvalue weighted by Gasteiger charge is 2.33. The first-order valence-electron chi connectivity index (χ1n) is 6.42. The van der Waals surface area contributed by atoms with Gasteiger partial charge >= 0.3 is 0 Å². The Bertz CT molecular complexity index is 351. The molecule has 0 radical (unpaired) electrons. The third-order valence-corrected chi connectivity index (χ3v) is 7.94. The quantitative estimate of drug-likeness (QED) is 0.250. The summed E-state index contributed by atoms with van der Waals surface area (Å²) >= 11 is 0. The van der Waals surface area contributed by atoms with Crippen molar-refractivity contribution in [3.63, 3.8) is 0 Å². The summed E-state index contributed by atoms with van der Waals surface area (Å²) in [7, 11) is 0.0583. The predicted octanol–water partition coefficient (Wildman–Crippen LogP) is 3.59. The lowest BCUT2D eigenvalue weighted by atomic mass is 10.2. The number of unbranched alkanes of at least 4 members (excludes halogenated alkanes) is 1. The molecule has 2 nitrogen and oxygen atoms in total. The Kier molecular flexibility index (Phi) is 7.19. The fourth-order valence-electron chi connectivity index (χ4n) is 1.03. The Morgan fingerprint density at radius 1 is 1.33 bits per heavy atom. The second-order valence-electron chi connectivity index (χ2n) is 6.04. The van der Waals surface area contributed by atoms with Gasteiger partial charge in [0.25, 0.3) is 0 Å². The lowest BCUT2D eigenvalue weighted by Gasteiger charge is -2.31. The van der Waals surface area contributed by atoms with Gasteiger partial charge in [0.1, 0.15) is 8.07 Å². The van der Waals surface area contributed by atoms with Crippen molar-refractivity contribution in [2.75, 3.05) is 13.7 Å². The number of allylic oxidation sites excluding steroid dienone is 2. The number of aldehydes is 1. The minimum Gasteiger partial charge on any atom is -0.385 e. The van der Waals surface area contributed by atoms with E-state index in [-0.39, 0.29) is 5.04 Å². The van der Waals surface area contributed by atoms with Gasteiger partial charge in [0.2, 0.25) is 0 Å². The Morgan fingerprint density at radius 3 is 2.39 bits per heavy atom. The molecule has 0 aromatic carbocycles. The third-order valence-electron chi connectivity index (χ3n) is 3.44. The van der Waals surface area contributed by atoms with E-state index < -0.39 is 8.07 Å². The maximum atomic E-state index is 10.9. The molecule has 0 unspecified atom stereocenters. The monoisotopic (exact) mass is 266 g/mol. The predicted molar refractivity (Wildman–Crippen MR) is 80.2 cm³/mol. The number of hydrogen-bond donors (Lipinski definition) is 0. The highest BCUT2D eigenvalue weighted by Crippen LogP contribution is 2.35. The largest absolute Gasteiger partial charge is 0.385 e. The highest BCUT2D eigenvalue weighted by molar-refractivity contribution is 6.87. The van der Waals surface area contributed by atoms with E-state index >= 15 is 0 Å². The van der Waals surface area contributed by atoms with Crippen LogP contribution in [-0.4, -0.2) is 28.1 Å². The van der Waals surface area contributed by atoms with E-state index in [4.69, 9.17) is 4.74 Å². The topological polar surface area (TPSA) is 26.3 Å². The average molecular weight is 266 g/mol. The average Bonchev–Trinajstić information content (AvgIpc) is 2.26. The number of ether oxygens (including phenoxy) is 1. The van der Waals surface area contributed by atoms with Gasteiger partial charge in [-0.1, -0.05) is 45.9 Å². The smallest absolute Gasteiger partial charge is 0.158 e. The molecule has 0 aromatic rings. The van der Waals surface area contributed by atoms with Crippen molar-refractivity contribution in [3.8, 4) is 11.5 Å². The second kappa shape index (κ2) is 7.55. The summed E-state index contributed by atoms with van der Waals surface area (Å²) in [6.07, 6.45) is 4.53. The molecule has 0 amide bonds. The van der Waals surface area contributed by atoms with Crippen molar-refractivity contribution < 1.29 is 9.53 Å². The Labute approximate surface area is 113 Å². The van der Waals surface area contributed by atoms with Gasteiger partial charge in [-0.25, -0.2) is 0 Å². The molecule has 0 aromatic heterocycles. The first-order valence-corrected chi connectivity index (χ1v) is 9.42. The zero-order valence-corrected chi connectivity index (χ0v) is 13.6. The van der Waals surface area contributed by atoms with Gasteiger partial charge < -0.3 is 4.74 Å². The van der Waals surface area contributed by atoms with Gasteiger partial charge in [-0.05, 0) is 17.9 Å². The van der Waals surface area contributed by atoms with E-state index in [1.807, 2.05) is 6.08 Å². The zero-order chi connectivity index (χ0) is 14.2. The molecule has 0 atom stereocenters. The zero-order valence-electron chi connectivity index (χ0n) is 12.6. The highest BCUT2D eigenvalue weighted by atomic mass is 28.3. The Morgan fingerprint density at radius 2 is 1.94 bits per heavy atom. The first-order chi connectivity index (χ1) is 8.24. The van der Waals surface area contributed by atoms with E-state index in [2.05, 4.69) is 45.3 Å². The van der Waals surface area contributed by atoms with Crippen LogP contribution in [0.25, 0.3) is 0 Å². The normalized spacial score (nSPS) is 12.9. The van der Waals surface area contributed by atoms with E-state index in [0.29, 0.717) is 5.57 Å². The lowest BCUT2D eigenvalue weighted by Crippen LogP contribution is -2.35. The number of rotatable bonds is 5. The van der Waals surface area contributed by atoms with Crippen LogP contribution in [0.15, 0.2) is 11.6 Å². The maximum absolute atomic E-state index is 10.9. The Hall–Kier alpha value is -0.853. The van der Waals surface area contributed by atoms with E-state index in [1.54, 1.807) is 7.11 Å². The van der Waals surface area contributed by atoms with Crippen LogP contribution >= 0.6 is 0 Å². The molecular formula is C15H26O2Si. The molecule has 18 heavy (non-hydrogen) atoms. The number of carbonyl (C=O) groups is 1. The van der Waals surface area contributed by atoms with Crippen LogP contribution in [0.5, 0.6) is 0 Å². The molecule has 0 rings (SSSR count). The Balaban J connectivity index is 4.69. The van der Waals surface area contributed by atoms with Gasteiger partial charge in [-0.3, -0.25) is 4.79 Å². The lowest BCUT2D eigenvalue weighted by molar-refractivity contribution is -0.104. The van der Waals surface area contributed by atoms with Crippen molar-refractivity contribution in [3.05, 3.63) is 11.6 Å². The third kappa shape index (κ3) is 6.18. The molecule has 0 saturated carbocycles. The second-order valence-corrected chi connectivity index (χ2v) is 11.0. The van der Waals surface area contributed by atoms with Crippen molar-refractivity contribution in [1.29, 1.82) is 0 Å². The summed E-state index contributed by atoms with van der Waals surface area (Å²) in [4.78, 5) is 10.9. The van der Waals surface area contributed by atoms with Crippen LogP contribution in [0, 0.1) is 11.5 Å². The van der Waals surface area contributed by atoms with E-state index in [1.165, 1.54) is 0 Å². The van der Waals surface area contributed by atoms with E-state index in [9.17, 15) is 4.79 Å². The van der Waals surface area contributed by atoms with Crippen LogP contribution in [-0.2, 0) is 9.53 Å². The van der Waals surface area contributed by atoms with Crippen molar-refractivity contribution in [2.24, 2.45) is 0 Å². The van der Waals surface area contributed by atoms with Gasteiger partial charge in [0.05, 0.1) is 5.57 Å². The number of carbonyl (C=O) groups excluding carboxylic acids is 1. The van der Waals surface area contributed by atoms with Crippen LogP contribution in [0.4, 0.5) is 0 Å². The summed E-state index contributed by atoms with van der Waals surface area (Å²) in [5.41, 5.74) is 3.96. The molecule has 0 heterocycles. The SMILES string of the molecule is COCCC/C=C(/C#C[Si](C)(C)C(C)(C)C)C=O. The molecule has 0 aliphatic rings. The molecule has 0 aliphatic heterocycles. The van der Waals surface area contributed by atoms with Crippen LogP contribution in [0.2, 0.25) is 18.1 Å². The van der Waals surface area contributed by atoms with Crippen LogP contribution < -0.4 is 0 Å². The molecule has 0 fully saturated rings. The summed E-state index contributed by atoms with van der Waals surface area (Å²) in [6, 6.07) is 0. The van der Waals surface area contributed by atoms with Crippen LogP contribution in [0.1, 0.15) is 33.6 Å².